The number of hydrogen-bond acceptors (Lipinski definition) is 5. The van der Waals surface area contributed by atoms with E-state index in [1.807, 2.05) is 23.5 Å². The van der Waals surface area contributed by atoms with E-state index in [1.54, 1.807) is 14.2 Å². The number of hydrogen-bond donors (Lipinski definition) is 0. The second kappa shape index (κ2) is 11.4. The summed E-state index contributed by atoms with van der Waals surface area (Å²) in [6, 6.07) is 52.8. The molecule has 220 valence electrons. The van der Waals surface area contributed by atoms with Gasteiger partial charge in [0.25, 0.3) is 16.6 Å². The third-order valence-electron chi connectivity index (χ3n) is 8.80. The first-order valence-electron chi connectivity index (χ1n) is 14.9. The van der Waals surface area contributed by atoms with Gasteiger partial charge in [0.05, 0.1) is 14.2 Å². The Kier molecular flexibility index (Phi) is 7.23. The van der Waals surface area contributed by atoms with Crippen molar-refractivity contribution in [1.29, 1.82) is 0 Å². The Labute approximate surface area is 274 Å². The van der Waals surface area contributed by atoms with Crippen LogP contribution in [-0.2, 0) is 4.12 Å². The Morgan fingerprint density at radius 3 is 0.956 bits per heavy atom. The summed E-state index contributed by atoms with van der Waals surface area (Å²) in [5, 5.41) is 7.55. The summed E-state index contributed by atoms with van der Waals surface area (Å²) in [7, 11) is -2.94. The van der Waals surface area contributed by atoms with Crippen LogP contribution in [0.3, 0.4) is 0 Å². The molecular weight excluding hydrogens is 625 g/mol. The standard InChI is InChI=1S/C38H30O3S2Si2/c1-39-27-19-23-29(24-20-27)44(35-15-7-3-11-31(35)42-32-12-4-8-16-36(32)44)41-45(30-25-21-28(40-2)22-26-30)37-17-9-5-13-33(37)43-34-14-6-10-18-38(34)45/h3-26H,1-2H3. The summed E-state index contributed by atoms with van der Waals surface area (Å²) in [5.41, 5.74) is 0. The van der Waals surface area contributed by atoms with Crippen LogP contribution in [0.1, 0.15) is 0 Å². The van der Waals surface area contributed by atoms with Crippen molar-refractivity contribution in [3.05, 3.63) is 146 Å². The monoisotopic (exact) mass is 654 g/mol. The van der Waals surface area contributed by atoms with Crippen molar-refractivity contribution < 1.29 is 13.6 Å². The lowest BCUT2D eigenvalue weighted by Crippen LogP contribution is -2.82. The van der Waals surface area contributed by atoms with Crippen molar-refractivity contribution in [1.82, 2.24) is 0 Å². The summed E-state index contributed by atoms with van der Waals surface area (Å²) in [6.45, 7) is 0. The molecule has 2 aliphatic rings. The maximum absolute atomic E-state index is 8.50. The zero-order valence-corrected chi connectivity index (χ0v) is 28.5. The number of methoxy groups -OCH3 is 2. The molecule has 2 aliphatic heterocycles. The van der Waals surface area contributed by atoms with Gasteiger partial charge in [0.15, 0.2) is 0 Å². The SMILES string of the molecule is COc1ccc([Si]2(O[Si]3(c4ccc(OC)cc4)c4ccccc4Sc4ccccc43)c3ccccc3Sc3ccccc32)cc1. The molecule has 0 amide bonds. The van der Waals surface area contributed by atoms with Crippen LogP contribution < -0.4 is 40.6 Å². The molecule has 2 heterocycles. The molecule has 0 aromatic heterocycles. The quantitative estimate of drug-likeness (QED) is 0.228. The molecule has 8 rings (SSSR count). The van der Waals surface area contributed by atoms with Crippen LogP contribution in [0.2, 0.25) is 0 Å². The van der Waals surface area contributed by atoms with Gasteiger partial charge in [-0.1, -0.05) is 121 Å². The first kappa shape index (κ1) is 28.5. The lowest BCUT2D eigenvalue weighted by atomic mass is 10.3. The van der Waals surface area contributed by atoms with Gasteiger partial charge in [-0.25, -0.2) is 0 Å². The molecular formula is C38H30O3S2Si2. The minimum absolute atomic E-state index is 0.835. The molecule has 0 spiro atoms. The molecule has 0 saturated carbocycles. The van der Waals surface area contributed by atoms with E-state index in [9.17, 15) is 0 Å². The van der Waals surface area contributed by atoms with Gasteiger partial charge in [-0.05, 0) is 79.7 Å². The van der Waals surface area contributed by atoms with E-state index in [0.29, 0.717) is 0 Å². The largest absolute Gasteiger partial charge is 0.497 e. The molecule has 0 saturated heterocycles. The van der Waals surface area contributed by atoms with E-state index in [-0.39, 0.29) is 0 Å². The molecule has 0 N–H and O–H groups in total. The van der Waals surface area contributed by atoms with Crippen LogP contribution >= 0.6 is 23.5 Å². The van der Waals surface area contributed by atoms with E-state index in [0.717, 1.165) is 11.5 Å². The highest BCUT2D eigenvalue weighted by Gasteiger charge is 2.57. The first-order valence-corrected chi connectivity index (χ1v) is 20.4. The smallest absolute Gasteiger partial charge is 0.281 e. The van der Waals surface area contributed by atoms with Crippen molar-refractivity contribution in [3.8, 4) is 11.5 Å². The third-order valence-corrected chi connectivity index (χ3v) is 21.4. The molecule has 0 unspecified atom stereocenters. The van der Waals surface area contributed by atoms with E-state index >= 15 is 0 Å². The molecule has 0 atom stereocenters. The molecule has 0 radical (unpaired) electrons. The fourth-order valence-electron chi connectivity index (χ4n) is 6.75. The van der Waals surface area contributed by atoms with Crippen molar-refractivity contribution in [2.75, 3.05) is 14.2 Å². The van der Waals surface area contributed by atoms with E-state index in [4.69, 9.17) is 13.6 Å². The minimum atomic E-state index is -3.19. The summed E-state index contributed by atoms with van der Waals surface area (Å²) < 4.78 is 19.8. The zero-order valence-electron chi connectivity index (χ0n) is 24.9. The van der Waals surface area contributed by atoms with Crippen molar-refractivity contribution >= 4 is 71.3 Å². The van der Waals surface area contributed by atoms with Crippen molar-refractivity contribution in [2.24, 2.45) is 0 Å². The lowest BCUT2D eigenvalue weighted by molar-refractivity contribution is 0.415. The topological polar surface area (TPSA) is 27.7 Å². The van der Waals surface area contributed by atoms with Gasteiger partial charge in [-0.3, -0.25) is 0 Å². The fourth-order valence-corrected chi connectivity index (χ4v) is 21.5. The van der Waals surface area contributed by atoms with E-state index in [1.165, 1.54) is 50.7 Å². The summed E-state index contributed by atoms with van der Waals surface area (Å²) in [5.74, 6) is 1.67. The minimum Gasteiger partial charge on any atom is -0.497 e. The molecule has 7 heteroatoms. The molecule has 0 bridgehead atoms. The van der Waals surface area contributed by atoms with Gasteiger partial charge in [0.2, 0.25) is 0 Å². The first-order chi connectivity index (χ1) is 22.2. The van der Waals surface area contributed by atoms with Crippen LogP contribution in [0.5, 0.6) is 11.5 Å². The summed E-state index contributed by atoms with van der Waals surface area (Å²) in [6.07, 6.45) is 0. The second-order valence-electron chi connectivity index (χ2n) is 11.1. The molecule has 6 aromatic rings. The van der Waals surface area contributed by atoms with Gasteiger partial charge in [-0.2, -0.15) is 0 Å². The highest BCUT2D eigenvalue weighted by Crippen LogP contribution is 2.38. The number of rotatable bonds is 6. The van der Waals surface area contributed by atoms with Crippen LogP contribution in [-0.4, -0.2) is 30.9 Å². The zero-order chi connectivity index (χ0) is 30.4. The third kappa shape index (κ3) is 4.45. The number of ether oxygens (including phenoxy) is 2. The average Bonchev–Trinajstić information content (AvgIpc) is 3.11. The molecule has 0 aliphatic carbocycles. The van der Waals surface area contributed by atoms with E-state index in [2.05, 4.69) is 146 Å². The summed E-state index contributed by atoms with van der Waals surface area (Å²) >= 11 is 3.69. The molecule has 3 nitrogen and oxygen atoms in total. The van der Waals surface area contributed by atoms with Gasteiger partial charge in [0, 0.05) is 19.6 Å². The van der Waals surface area contributed by atoms with Gasteiger partial charge < -0.3 is 13.6 Å². The highest BCUT2D eigenvalue weighted by molar-refractivity contribution is 8.00. The Hall–Kier alpha value is -3.99. The number of fused-ring (bicyclic) bond motifs is 4. The van der Waals surface area contributed by atoms with Crippen LogP contribution in [0.25, 0.3) is 0 Å². The maximum Gasteiger partial charge on any atom is 0.281 e. The Bertz CT molecular complexity index is 1790. The Balaban J connectivity index is 1.52. The van der Waals surface area contributed by atoms with E-state index < -0.39 is 16.6 Å². The predicted octanol–water partition coefficient (Wildman–Crippen LogP) is 5.28. The summed E-state index contributed by atoms with van der Waals surface area (Å²) in [4.78, 5) is 5.02. The fraction of sp³-hybridized carbons (Fsp3) is 0.0526. The van der Waals surface area contributed by atoms with Crippen molar-refractivity contribution in [3.63, 3.8) is 0 Å². The van der Waals surface area contributed by atoms with Gasteiger partial charge in [-0.15, -0.1) is 0 Å². The van der Waals surface area contributed by atoms with Gasteiger partial charge >= 0.3 is 0 Å². The normalized spacial score (nSPS) is 15.2. The number of benzene rings is 6. The molecule has 45 heavy (non-hydrogen) atoms. The van der Waals surface area contributed by atoms with Crippen LogP contribution in [0.15, 0.2) is 165 Å². The average molecular weight is 655 g/mol. The van der Waals surface area contributed by atoms with Crippen LogP contribution in [0.4, 0.5) is 0 Å². The van der Waals surface area contributed by atoms with Crippen LogP contribution in [0, 0.1) is 0 Å². The second-order valence-corrected chi connectivity index (χ2v) is 20.1. The maximum atomic E-state index is 8.50. The predicted molar refractivity (Wildman–Crippen MR) is 190 cm³/mol. The molecule has 0 fully saturated rings. The van der Waals surface area contributed by atoms with Gasteiger partial charge in [0.1, 0.15) is 11.5 Å². The highest BCUT2D eigenvalue weighted by atomic mass is 32.2. The lowest BCUT2D eigenvalue weighted by Gasteiger charge is -2.48. The van der Waals surface area contributed by atoms with Crippen molar-refractivity contribution in [2.45, 2.75) is 19.6 Å². The Morgan fingerprint density at radius 2 is 0.667 bits per heavy atom. The Morgan fingerprint density at radius 1 is 0.378 bits per heavy atom. The molecule has 6 aromatic carbocycles.